The van der Waals surface area contributed by atoms with Crippen molar-refractivity contribution in [2.45, 2.75) is 69.8 Å². The van der Waals surface area contributed by atoms with E-state index >= 15 is 0 Å². The molecule has 0 amide bonds. The third-order valence-electron chi connectivity index (χ3n) is 6.74. The maximum Gasteiger partial charge on any atom is 0.306 e. The Bertz CT molecular complexity index is 792. The fourth-order valence-corrected chi connectivity index (χ4v) is 7.04. The van der Waals surface area contributed by atoms with Gasteiger partial charge in [0.15, 0.2) is 0 Å². The van der Waals surface area contributed by atoms with Gasteiger partial charge in [0.2, 0.25) is 0 Å². The van der Waals surface area contributed by atoms with Crippen LogP contribution in [0.15, 0.2) is 46.2 Å². The summed E-state index contributed by atoms with van der Waals surface area (Å²) < 4.78 is 5.72. The molecule has 0 saturated heterocycles. The molecule has 0 heterocycles. The Hall–Kier alpha value is -1.55. The van der Waals surface area contributed by atoms with Crippen molar-refractivity contribution in [3.8, 4) is 0 Å². The maximum atomic E-state index is 12.9. The predicted molar refractivity (Wildman–Crippen MR) is 112 cm³/mol. The summed E-state index contributed by atoms with van der Waals surface area (Å²) in [5, 5.41) is 0. The Balaban J connectivity index is 1.67. The van der Waals surface area contributed by atoms with Crippen LogP contribution in [0.1, 0.15) is 59.3 Å². The number of thioether (sulfide) groups is 1. The van der Waals surface area contributed by atoms with Crippen LogP contribution in [0, 0.1) is 23.2 Å². The van der Waals surface area contributed by atoms with Crippen molar-refractivity contribution in [2.24, 2.45) is 23.2 Å². The average Bonchev–Trinajstić information content (AvgIpc) is 2.98. The minimum atomic E-state index is -0.493. The molecule has 0 aromatic heterocycles. The van der Waals surface area contributed by atoms with Crippen molar-refractivity contribution < 1.29 is 14.3 Å². The molecule has 0 N–H and O–H groups in total. The van der Waals surface area contributed by atoms with Crippen molar-refractivity contribution in [3.63, 3.8) is 0 Å². The van der Waals surface area contributed by atoms with Gasteiger partial charge >= 0.3 is 5.97 Å². The van der Waals surface area contributed by atoms with Crippen LogP contribution in [0.4, 0.5) is 0 Å². The Morgan fingerprint density at radius 3 is 2.61 bits per heavy atom. The lowest BCUT2D eigenvalue weighted by atomic mass is 9.53. The first-order valence-electron chi connectivity index (χ1n) is 10.5. The summed E-state index contributed by atoms with van der Waals surface area (Å²) in [6.45, 7) is 5.74. The summed E-state index contributed by atoms with van der Waals surface area (Å²) in [4.78, 5) is 28.4. The molecule has 0 radical (unpaired) electrons. The van der Waals surface area contributed by atoms with Crippen LogP contribution in [0.25, 0.3) is 0 Å². The molecule has 28 heavy (non-hydrogen) atoms. The van der Waals surface area contributed by atoms with Gasteiger partial charge in [0.25, 0.3) is 0 Å². The van der Waals surface area contributed by atoms with Crippen LogP contribution >= 0.6 is 11.8 Å². The van der Waals surface area contributed by atoms with Crippen LogP contribution in [0.3, 0.4) is 0 Å². The highest BCUT2D eigenvalue weighted by Gasteiger charge is 2.61. The molecule has 3 aliphatic rings. The number of carbonyl (C=O) groups excluding carboxylic acids is 2. The van der Waals surface area contributed by atoms with E-state index in [-0.39, 0.29) is 17.3 Å². The second kappa shape index (κ2) is 7.37. The van der Waals surface area contributed by atoms with Gasteiger partial charge in [0.1, 0.15) is 11.4 Å². The van der Waals surface area contributed by atoms with Gasteiger partial charge in [0.05, 0.1) is 6.42 Å². The number of Topliss-reactive ketones (excluding diaryl/α,β-unsaturated/α-hetero) is 1. The molecule has 0 aliphatic heterocycles. The minimum Gasteiger partial charge on any atom is -0.460 e. The van der Waals surface area contributed by atoms with E-state index in [1.54, 1.807) is 0 Å². The number of benzene rings is 1. The first-order valence-corrected chi connectivity index (χ1v) is 11.3. The van der Waals surface area contributed by atoms with Gasteiger partial charge in [-0.05, 0) is 75.3 Å². The largest absolute Gasteiger partial charge is 0.460 e. The van der Waals surface area contributed by atoms with Crippen molar-refractivity contribution in [1.82, 2.24) is 0 Å². The van der Waals surface area contributed by atoms with E-state index < -0.39 is 5.60 Å². The number of hydrogen-bond acceptors (Lipinski definition) is 4. The molecule has 4 atom stereocenters. The number of ether oxygens (including phenoxy) is 1. The van der Waals surface area contributed by atoms with Crippen LogP contribution in [0.5, 0.6) is 0 Å². The van der Waals surface area contributed by atoms with Crippen molar-refractivity contribution >= 4 is 23.5 Å². The zero-order valence-electron chi connectivity index (χ0n) is 17.1. The van der Waals surface area contributed by atoms with E-state index in [0.29, 0.717) is 30.5 Å². The lowest BCUT2D eigenvalue weighted by Crippen LogP contribution is -2.50. The number of hydrogen-bond donors (Lipinski definition) is 0. The van der Waals surface area contributed by atoms with Crippen LogP contribution in [-0.2, 0) is 14.3 Å². The lowest BCUT2D eigenvalue weighted by Gasteiger charge is -2.51. The molecule has 3 nitrogen and oxygen atoms in total. The third kappa shape index (κ3) is 3.56. The highest BCUT2D eigenvalue weighted by Crippen LogP contribution is 2.66. The molecule has 3 aliphatic carbocycles. The molecular weight excluding hydrogens is 368 g/mol. The Kier molecular flexibility index (Phi) is 5.20. The van der Waals surface area contributed by atoms with E-state index in [9.17, 15) is 9.59 Å². The normalized spacial score (nSPS) is 31.9. The molecule has 2 saturated carbocycles. The fraction of sp³-hybridized carbons (Fsp3) is 0.583. The Morgan fingerprint density at radius 1 is 1.14 bits per heavy atom. The highest BCUT2D eigenvalue weighted by molar-refractivity contribution is 8.03. The second-order valence-electron chi connectivity index (χ2n) is 9.52. The van der Waals surface area contributed by atoms with Crippen LogP contribution in [-0.4, -0.2) is 17.4 Å². The van der Waals surface area contributed by atoms with Gasteiger partial charge in [-0.2, -0.15) is 0 Å². The zero-order chi connectivity index (χ0) is 19.9. The van der Waals surface area contributed by atoms with Gasteiger partial charge in [-0.25, -0.2) is 0 Å². The minimum absolute atomic E-state index is 0.0219. The lowest BCUT2D eigenvalue weighted by molar-refractivity contribution is -0.163. The third-order valence-corrected chi connectivity index (χ3v) is 7.93. The Labute approximate surface area is 172 Å². The standard InChI is InChI=1S/C24H30O3S/c1-23(2,3)27-22(26)15-24-16-9-11-19(24)21(28-17-7-5-4-6-8-17)14-12-18(24)20(25)13-10-16/h4-8,14,16,18-19H,9-13,15H2,1-3H3/t16-,18+,19-,24-/m0/s1. The number of rotatable bonds is 4. The van der Waals surface area contributed by atoms with Crippen molar-refractivity contribution in [3.05, 3.63) is 41.3 Å². The van der Waals surface area contributed by atoms with Crippen molar-refractivity contribution in [2.75, 3.05) is 0 Å². The molecule has 0 spiro atoms. The SMILES string of the molecule is CC(C)(C)OC(=O)C[C@]12[C@@H]3CCC(=O)[C@H]1CC=C(Sc1ccccc1)[C@@H]2CC3. The van der Waals surface area contributed by atoms with Gasteiger partial charge in [0, 0.05) is 22.6 Å². The first-order chi connectivity index (χ1) is 13.3. The monoisotopic (exact) mass is 398 g/mol. The van der Waals surface area contributed by atoms with E-state index in [4.69, 9.17) is 4.74 Å². The molecule has 0 bridgehead atoms. The molecule has 0 unspecified atom stereocenters. The fourth-order valence-electron chi connectivity index (χ4n) is 5.81. The highest BCUT2D eigenvalue weighted by atomic mass is 32.2. The molecule has 4 heteroatoms. The zero-order valence-corrected chi connectivity index (χ0v) is 17.9. The summed E-state index contributed by atoms with van der Waals surface area (Å²) in [5.41, 5.74) is -0.739. The molecule has 150 valence electrons. The number of allylic oxidation sites excluding steroid dienone is 2. The van der Waals surface area contributed by atoms with Crippen LogP contribution in [0.2, 0.25) is 0 Å². The number of esters is 1. The summed E-state index contributed by atoms with van der Waals surface area (Å²) in [5.74, 6) is 0.930. The second-order valence-corrected chi connectivity index (χ2v) is 10.7. The quantitative estimate of drug-likeness (QED) is 0.602. The van der Waals surface area contributed by atoms with Crippen molar-refractivity contribution in [1.29, 1.82) is 0 Å². The summed E-state index contributed by atoms with van der Waals surface area (Å²) in [7, 11) is 0. The van der Waals surface area contributed by atoms with Gasteiger partial charge in [-0.15, -0.1) is 0 Å². The molecule has 4 rings (SSSR count). The topological polar surface area (TPSA) is 43.4 Å². The summed E-state index contributed by atoms with van der Waals surface area (Å²) in [6, 6.07) is 10.4. The molecule has 1 aromatic rings. The molecular formula is C24H30O3S. The Morgan fingerprint density at radius 2 is 1.89 bits per heavy atom. The number of ketones is 1. The summed E-state index contributed by atoms with van der Waals surface area (Å²) in [6.07, 6.45) is 7.22. The van der Waals surface area contributed by atoms with E-state index in [0.717, 1.165) is 25.7 Å². The van der Waals surface area contributed by atoms with E-state index in [2.05, 4.69) is 30.3 Å². The van der Waals surface area contributed by atoms with E-state index in [1.165, 1.54) is 9.80 Å². The summed E-state index contributed by atoms with van der Waals surface area (Å²) >= 11 is 1.82. The van der Waals surface area contributed by atoms with Gasteiger partial charge < -0.3 is 4.74 Å². The van der Waals surface area contributed by atoms with Gasteiger partial charge in [-0.3, -0.25) is 9.59 Å². The maximum absolute atomic E-state index is 12.9. The smallest absolute Gasteiger partial charge is 0.306 e. The predicted octanol–water partition coefficient (Wildman–Crippen LogP) is 5.79. The van der Waals surface area contributed by atoms with Crippen LogP contribution < -0.4 is 0 Å². The van der Waals surface area contributed by atoms with E-state index in [1.807, 2.05) is 38.6 Å². The number of carbonyl (C=O) groups is 2. The molecule has 1 aromatic carbocycles. The van der Waals surface area contributed by atoms with Gasteiger partial charge in [-0.1, -0.05) is 36.0 Å². The average molecular weight is 399 g/mol. The molecule has 2 fully saturated rings. The first kappa shape index (κ1) is 19.8.